The molecular formula is C28H24N4O5. The van der Waals surface area contributed by atoms with Crippen LogP contribution < -0.4 is 21.1 Å². The molecule has 2 heterocycles. The molecule has 0 bridgehead atoms. The van der Waals surface area contributed by atoms with Crippen molar-refractivity contribution in [3.05, 3.63) is 106 Å². The monoisotopic (exact) mass is 496 g/mol. The first-order valence-corrected chi connectivity index (χ1v) is 11.8. The zero-order valence-electron chi connectivity index (χ0n) is 20.1. The van der Waals surface area contributed by atoms with Gasteiger partial charge in [-0.2, -0.15) is 5.10 Å². The maximum absolute atomic E-state index is 12.9. The number of rotatable bonds is 7. The van der Waals surface area contributed by atoms with E-state index in [1.54, 1.807) is 30.3 Å². The number of benzene rings is 3. The third-order valence-electron chi connectivity index (χ3n) is 5.80. The van der Waals surface area contributed by atoms with Gasteiger partial charge >= 0.3 is 5.91 Å². The van der Waals surface area contributed by atoms with Crippen molar-refractivity contribution in [1.29, 1.82) is 0 Å². The molecule has 0 atom stereocenters. The highest BCUT2D eigenvalue weighted by Crippen LogP contribution is 2.22. The Hall–Kier alpha value is -4.92. The van der Waals surface area contributed by atoms with E-state index in [0.717, 1.165) is 10.8 Å². The van der Waals surface area contributed by atoms with Crippen molar-refractivity contribution in [1.82, 2.24) is 20.6 Å². The van der Waals surface area contributed by atoms with Crippen LogP contribution in [0.15, 0.2) is 88.1 Å². The van der Waals surface area contributed by atoms with Crippen molar-refractivity contribution >= 4 is 33.4 Å². The molecule has 186 valence electrons. The minimum absolute atomic E-state index is 0.00572. The summed E-state index contributed by atoms with van der Waals surface area (Å²) in [7, 11) is 0. The van der Waals surface area contributed by atoms with E-state index in [9.17, 15) is 14.4 Å². The lowest BCUT2D eigenvalue weighted by molar-refractivity contribution is 0.0826. The summed E-state index contributed by atoms with van der Waals surface area (Å²) >= 11 is 0. The standard InChI is InChI=1S/C28H24N4O5/c1-2-15-32-28(35)23-10-6-5-9-22(23)25(31-32)27(34)30-29-26(33)24-14-13-21(37-24)17-36-20-12-11-18-7-3-4-8-19(18)16-20/h3-14,16H,2,15,17H2,1H3,(H,29,33)(H,30,34). The van der Waals surface area contributed by atoms with Crippen LogP contribution in [0.5, 0.6) is 5.75 Å². The summed E-state index contributed by atoms with van der Waals surface area (Å²) in [4.78, 5) is 38.1. The topological polar surface area (TPSA) is 115 Å². The van der Waals surface area contributed by atoms with Crippen molar-refractivity contribution in [3.63, 3.8) is 0 Å². The highest BCUT2D eigenvalue weighted by molar-refractivity contribution is 6.05. The molecule has 0 saturated heterocycles. The van der Waals surface area contributed by atoms with Crippen LogP contribution in [0, 0.1) is 0 Å². The van der Waals surface area contributed by atoms with E-state index in [2.05, 4.69) is 16.0 Å². The van der Waals surface area contributed by atoms with E-state index in [4.69, 9.17) is 9.15 Å². The second-order valence-corrected chi connectivity index (χ2v) is 8.39. The molecule has 9 nitrogen and oxygen atoms in total. The van der Waals surface area contributed by atoms with Gasteiger partial charge in [-0.15, -0.1) is 0 Å². The van der Waals surface area contributed by atoms with E-state index in [1.807, 2.05) is 49.4 Å². The smallest absolute Gasteiger partial charge is 0.305 e. The fraction of sp³-hybridized carbons (Fsp3) is 0.143. The molecule has 0 saturated carbocycles. The third-order valence-corrected chi connectivity index (χ3v) is 5.80. The van der Waals surface area contributed by atoms with Gasteiger partial charge in [-0.3, -0.25) is 25.2 Å². The second kappa shape index (κ2) is 10.4. The Bertz CT molecular complexity index is 1670. The molecule has 0 aliphatic carbocycles. The van der Waals surface area contributed by atoms with Crippen LogP contribution >= 0.6 is 0 Å². The van der Waals surface area contributed by atoms with Crippen molar-refractivity contribution in [2.45, 2.75) is 26.5 Å². The minimum Gasteiger partial charge on any atom is -0.486 e. The van der Waals surface area contributed by atoms with Gasteiger partial charge < -0.3 is 9.15 Å². The van der Waals surface area contributed by atoms with Crippen molar-refractivity contribution in [2.75, 3.05) is 0 Å². The van der Waals surface area contributed by atoms with E-state index in [-0.39, 0.29) is 23.6 Å². The van der Waals surface area contributed by atoms with E-state index in [1.165, 1.54) is 10.7 Å². The fourth-order valence-corrected chi connectivity index (χ4v) is 3.99. The Labute approximate surface area is 211 Å². The molecule has 5 rings (SSSR count). The molecule has 5 aromatic rings. The number of hydrazine groups is 1. The average molecular weight is 497 g/mol. The van der Waals surface area contributed by atoms with Crippen LogP contribution in [0.3, 0.4) is 0 Å². The van der Waals surface area contributed by atoms with Crippen molar-refractivity contribution in [3.8, 4) is 5.75 Å². The van der Waals surface area contributed by atoms with Gasteiger partial charge in [-0.25, -0.2) is 4.68 Å². The minimum atomic E-state index is -0.652. The predicted molar refractivity (Wildman–Crippen MR) is 138 cm³/mol. The van der Waals surface area contributed by atoms with Gasteiger partial charge in [0.1, 0.15) is 18.1 Å². The average Bonchev–Trinajstić information content (AvgIpc) is 3.41. The molecule has 2 aromatic heterocycles. The Balaban J connectivity index is 1.24. The number of hydrogen-bond acceptors (Lipinski definition) is 6. The lowest BCUT2D eigenvalue weighted by Crippen LogP contribution is -2.42. The lowest BCUT2D eigenvalue weighted by Gasteiger charge is -2.11. The highest BCUT2D eigenvalue weighted by Gasteiger charge is 2.18. The maximum atomic E-state index is 12.9. The number of carbonyl (C=O) groups excluding carboxylic acids is 2. The second-order valence-electron chi connectivity index (χ2n) is 8.39. The molecule has 0 aliphatic heterocycles. The summed E-state index contributed by atoms with van der Waals surface area (Å²) in [6, 6.07) is 23.6. The van der Waals surface area contributed by atoms with Crippen LogP contribution in [0.4, 0.5) is 0 Å². The van der Waals surface area contributed by atoms with Gasteiger partial charge in [0.15, 0.2) is 11.5 Å². The molecule has 0 radical (unpaired) electrons. The highest BCUT2D eigenvalue weighted by atomic mass is 16.5. The first-order valence-electron chi connectivity index (χ1n) is 11.8. The molecule has 2 amide bonds. The normalized spacial score (nSPS) is 10.9. The van der Waals surface area contributed by atoms with Crippen LogP contribution in [-0.4, -0.2) is 21.6 Å². The number of aryl methyl sites for hydroxylation is 1. The first kappa shape index (κ1) is 23.8. The Kier molecular flexibility index (Phi) is 6.67. The molecule has 0 fully saturated rings. The number of ether oxygens (including phenoxy) is 1. The largest absolute Gasteiger partial charge is 0.486 e. The first-order chi connectivity index (χ1) is 18.0. The molecule has 37 heavy (non-hydrogen) atoms. The Morgan fingerprint density at radius 1 is 0.892 bits per heavy atom. The van der Waals surface area contributed by atoms with E-state index < -0.39 is 11.8 Å². The SMILES string of the molecule is CCCn1nc(C(=O)NNC(=O)c2ccc(COc3ccc4ccccc4c3)o2)c2ccccc2c1=O. The number of nitrogens with one attached hydrogen (secondary N) is 2. The van der Waals surface area contributed by atoms with Gasteiger partial charge in [-0.1, -0.05) is 55.5 Å². The fourth-order valence-electron chi connectivity index (χ4n) is 3.99. The maximum Gasteiger partial charge on any atom is 0.305 e. The summed E-state index contributed by atoms with van der Waals surface area (Å²) < 4.78 is 12.6. The van der Waals surface area contributed by atoms with Crippen LogP contribution in [0.25, 0.3) is 21.5 Å². The number of furan rings is 1. The molecular weight excluding hydrogens is 472 g/mol. The number of fused-ring (bicyclic) bond motifs is 2. The van der Waals surface area contributed by atoms with Crippen LogP contribution in [-0.2, 0) is 13.2 Å². The van der Waals surface area contributed by atoms with Crippen molar-refractivity contribution < 1.29 is 18.7 Å². The van der Waals surface area contributed by atoms with Gasteiger partial charge in [-0.05, 0) is 47.5 Å². The number of carbonyl (C=O) groups is 2. The number of hydrogen-bond donors (Lipinski definition) is 2. The third kappa shape index (κ3) is 5.06. The Morgan fingerprint density at radius 2 is 1.62 bits per heavy atom. The van der Waals surface area contributed by atoms with Gasteiger partial charge in [0.05, 0.1) is 5.39 Å². The van der Waals surface area contributed by atoms with Crippen LogP contribution in [0.2, 0.25) is 0 Å². The summed E-state index contributed by atoms with van der Waals surface area (Å²) in [5, 5.41) is 7.17. The molecule has 3 aromatic carbocycles. The summed E-state index contributed by atoms with van der Waals surface area (Å²) in [6.07, 6.45) is 0.675. The number of amides is 2. The molecule has 0 unspecified atom stereocenters. The summed E-state index contributed by atoms with van der Waals surface area (Å²) in [5.41, 5.74) is 4.45. The molecule has 2 N–H and O–H groups in total. The lowest BCUT2D eigenvalue weighted by atomic mass is 10.1. The predicted octanol–water partition coefficient (Wildman–Crippen LogP) is 4.21. The van der Waals surface area contributed by atoms with Crippen LogP contribution in [0.1, 0.15) is 40.1 Å². The number of nitrogens with zero attached hydrogens (tertiary/aromatic N) is 2. The molecule has 0 aliphatic rings. The number of aromatic nitrogens is 2. The van der Waals surface area contributed by atoms with E-state index >= 15 is 0 Å². The zero-order chi connectivity index (χ0) is 25.8. The Morgan fingerprint density at radius 3 is 2.43 bits per heavy atom. The summed E-state index contributed by atoms with van der Waals surface area (Å²) in [5.74, 6) is -0.162. The van der Waals surface area contributed by atoms with Gasteiger partial charge in [0.25, 0.3) is 11.5 Å². The molecule has 0 spiro atoms. The van der Waals surface area contributed by atoms with Gasteiger partial charge in [0.2, 0.25) is 0 Å². The molecule has 9 heteroatoms. The van der Waals surface area contributed by atoms with E-state index in [0.29, 0.717) is 35.2 Å². The van der Waals surface area contributed by atoms with Gasteiger partial charge in [0, 0.05) is 11.9 Å². The zero-order valence-corrected chi connectivity index (χ0v) is 20.1. The quantitative estimate of drug-likeness (QED) is 0.326. The van der Waals surface area contributed by atoms with Crippen molar-refractivity contribution in [2.24, 2.45) is 0 Å². The summed E-state index contributed by atoms with van der Waals surface area (Å²) in [6.45, 7) is 2.41.